The number of carbonyl (C=O) groups is 1. The smallest absolute Gasteiger partial charge is 0.227 e. The van der Waals surface area contributed by atoms with Gasteiger partial charge in [-0.1, -0.05) is 29.3 Å². The maximum atomic E-state index is 13.4. The highest BCUT2D eigenvalue weighted by atomic mass is 35.5. The minimum atomic E-state index is 0.0295. The van der Waals surface area contributed by atoms with Crippen molar-refractivity contribution in [1.82, 2.24) is 14.5 Å². The lowest BCUT2D eigenvalue weighted by atomic mass is 9.96. The van der Waals surface area contributed by atoms with Gasteiger partial charge < -0.3 is 14.2 Å². The lowest BCUT2D eigenvalue weighted by Crippen LogP contribution is -2.37. The molecule has 1 aliphatic heterocycles. The molecule has 35 heavy (non-hydrogen) atoms. The predicted molar refractivity (Wildman–Crippen MR) is 140 cm³/mol. The molecule has 0 radical (unpaired) electrons. The summed E-state index contributed by atoms with van der Waals surface area (Å²) >= 11 is 12.2. The first-order valence-electron chi connectivity index (χ1n) is 12.5. The minimum Gasteiger partial charge on any atom is -0.490 e. The van der Waals surface area contributed by atoms with Crippen molar-refractivity contribution in [2.24, 2.45) is 0 Å². The Morgan fingerprint density at radius 2 is 1.97 bits per heavy atom. The SMILES string of the molecule is CC(C)N(Cc1cc(-c2cn3c(n2)CCC3)ccc1OC1CCC1)C(=O)Cc1ccc(Cl)c(Cl)c1. The summed E-state index contributed by atoms with van der Waals surface area (Å²) in [6, 6.07) is 11.7. The Balaban J connectivity index is 1.42. The van der Waals surface area contributed by atoms with Gasteiger partial charge in [0.25, 0.3) is 0 Å². The maximum absolute atomic E-state index is 13.4. The molecule has 3 aromatic rings. The number of aryl methyl sites for hydroxylation is 2. The van der Waals surface area contributed by atoms with Gasteiger partial charge in [0.05, 0.1) is 28.3 Å². The van der Waals surface area contributed by atoms with E-state index in [-0.39, 0.29) is 24.5 Å². The molecule has 5 nitrogen and oxygen atoms in total. The Morgan fingerprint density at radius 3 is 2.66 bits per heavy atom. The fourth-order valence-corrected chi connectivity index (χ4v) is 5.03. The normalized spacial score (nSPS) is 15.2. The second kappa shape index (κ2) is 10.2. The van der Waals surface area contributed by atoms with Crippen molar-refractivity contribution in [1.29, 1.82) is 0 Å². The number of ether oxygens (including phenoxy) is 1. The molecule has 0 spiro atoms. The second-order valence-electron chi connectivity index (χ2n) is 9.87. The van der Waals surface area contributed by atoms with Gasteiger partial charge in [-0.25, -0.2) is 4.98 Å². The van der Waals surface area contributed by atoms with E-state index in [0.29, 0.717) is 16.6 Å². The summed E-state index contributed by atoms with van der Waals surface area (Å²) in [7, 11) is 0. The molecule has 1 fully saturated rings. The Morgan fingerprint density at radius 1 is 1.14 bits per heavy atom. The van der Waals surface area contributed by atoms with E-state index in [1.54, 1.807) is 12.1 Å². The van der Waals surface area contributed by atoms with Gasteiger partial charge in [-0.3, -0.25) is 4.79 Å². The summed E-state index contributed by atoms with van der Waals surface area (Å²) in [4.78, 5) is 20.2. The summed E-state index contributed by atoms with van der Waals surface area (Å²) in [5.41, 5.74) is 3.90. The Labute approximate surface area is 217 Å². The van der Waals surface area contributed by atoms with Gasteiger partial charge in [0.2, 0.25) is 5.91 Å². The lowest BCUT2D eigenvalue weighted by Gasteiger charge is -2.31. The van der Waals surface area contributed by atoms with Crippen LogP contribution in [0, 0.1) is 0 Å². The number of fused-ring (bicyclic) bond motifs is 1. The van der Waals surface area contributed by atoms with Crippen LogP contribution in [-0.4, -0.2) is 32.5 Å². The number of nitrogens with zero attached hydrogens (tertiary/aromatic N) is 3. The molecule has 1 saturated carbocycles. The average molecular weight is 512 g/mol. The minimum absolute atomic E-state index is 0.0295. The van der Waals surface area contributed by atoms with Crippen LogP contribution in [0.1, 0.15) is 56.5 Å². The largest absolute Gasteiger partial charge is 0.490 e. The Bertz CT molecular complexity index is 1210. The molecule has 5 rings (SSSR count). The van der Waals surface area contributed by atoms with E-state index < -0.39 is 0 Å². The van der Waals surface area contributed by atoms with E-state index in [4.69, 9.17) is 32.9 Å². The van der Waals surface area contributed by atoms with E-state index in [9.17, 15) is 4.79 Å². The number of carbonyl (C=O) groups excluding carboxylic acids is 1. The monoisotopic (exact) mass is 511 g/mol. The molecule has 0 unspecified atom stereocenters. The Hall–Kier alpha value is -2.50. The van der Waals surface area contributed by atoms with E-state index in [1.807, 2.05) is 24.8 Å². The number of hydrogen-bond donors (Lipinski definition) is 0. The fourth-order valence-electron chi connectivity index (χ4n) is 4.71. The highest BCUT2D eigenvalue weighted by Gasteiger charge is 2.24. The number of benzene rings is 2. The highest BCUT2D eigenvalue weighted by Crippen LogP contribution is 2.33. The van der Waals surface area contributed by atoms with Crippen LogP contribution in [0.5, 0.6) is 5.75 Å². The van der Waals surface area contributed by atoms with Crippen molar-refractivity contribution in [2.45, 2.75) is 77.6 Å². The Kier molecular flexibility index (Phi) is 7.08. The highest BCUT2D eigenvalue weighted by molar-refractivity contribution is 6.42. The van der Waals surface area contributed by atoms with Crippen LogP contribution in [0.2, 0.25) is 10.0 Å². The van der Waals surface area contributed by atoms with Crippen LogP contribution in [0.3, 0.4) is 0 Å². The molecular formula is C28H31Cl2N3O2. The van der Waals surface area contributed by atoms with E-state index in [1.165, 1.54) is 6.42 Å². The third kappa shape index (κ3) is 5.36. The number of imidazole rings is 1. The summed E-state index contributed by atoms with van der Waals surface area (Å²) in [6.07, 6.45) is 8.23. The number of rotatable bonds is 8. The van der Waals surface area contributed by atoms with E-state index in [0.717, 1.165) is 66.2 Å². The quantitative estimate of drug-likeness (QED) is 0.337. The van der Waals surface area contributed by atoms with Crippen LogP contribution in [0.25, 0.3) is 11.3 Å². The van der Waals surface area contributed by atoms with Gasteiger partial charge in [0, 0.05) is 42.9 Å². The van der Waals surface area contributed by atoms with Crippen molar-refractivity contribution in [3.63, 3.8) is 0 Å². The summed E-state index contributed by atoms with van der Waals surface area (Å²) in [6.45, 7) is 5.59. The molecule has 0 N–H and O–H groups in total. The first kappa shape index (κ1) is 24.2. The summed E-state index contributed by atoms with van der Waals surface area (Å²) < 4.78 is 8.59. The zero-order valence-corrected chi connectivity index (χ0v) is 21.8. The van der Waals surface area contributed by atoms with Crippen LogP contribution < -0.4 is 4.74 Å². The molecular weight excluding hydrogens is 481 g/mol. The first-order chi connectivity index (χ1) is 16.9. The van der Waals surface area contributed by atoms with Crippen molar-refractivity contribution in [3.8, 4) is 17.0 Å². The third-order valence-corrected chi connectivity index (χ3v) is 7.72. The summed E-state index contributed by atoms with van der Waals surface area (Å²) in [5, 5.41) is 0.951. The zero-order chi connectivity index (χ0) is 24.5. The van der Waals surface area contributed by atoms with Gasteiger partial charge in [0.1, 0.15) is 11.6 Å². The third-order valence-electron chi connectivity index (χ3n) is 6.98. The predicted octanol–water partition coefficient (Wildman–Crippen LogP) is 6.71. The van der Waals surface area contributed by atoms with Crippen LogP contribution in [0.4, 0.5) is 0 Å². The van der Waals surface area contributed by atoms with Crippen LogP contribution in [-0.2, 0) is 30.7 Å². The number of aromatic nitrogens is 2. The van der Waals surface area contributed by atoms with Gasteiger partial charge in [-0.15, -0.1) is 0 Å². The van der Waals surface area contributed by atoms with Gasteiger partial charge in [-0.05, 0) is 75.4 Å². The van der Waals surface area contributed by atoms with Crippen LogP contribution >= 0.6 is 23.2 Å². The number of hydrogen-bond acceptors (Lipinski definition) is 3. The molecule has 2 heterocycles. The molecule has 2 aromatic carbocycles. The van der Waals surface area contributed by atoms with Crippen molar-refractivity contribution < 1.29 is 9.53 Å². The molecule has 0 bridgehead atoms. The number of amides is 1. The van der Waals surface area contributed by atoms with E-state index >= 15 is 0 Å². The van der Waals surface area contributed by atoms with Gasteiger partial charge in [-0.2, -0.15) is 0 Å². The molecule has 1 aliphatic carbocycles. The maximum Gasteiger partial charge on any atom is 0.227 e. The average Bonchev–Trinajstić information content (AvgIpc) is 3.40. The number of halogens is 2. The molecule has 0 saturated heterocycles. The lowest BCUT2D eigenvalue weighted by molar-refractivity contribution is -0.132. The topological polar surface area (TPSA) is 47.4 Å². The zero-order valence-electron chi connectivity index (χ0n) is 20.3. The van der Waals surface area contributed by atoms with Crippen LogP contribution in [0.15, 0.2) is 42.6 Å². The van der Waals surface area contributed by atoms with Gasteiger partial charge >= 0.3 is 0 Å². The molecule has 1 aromatic heterocycles. The first-order valence-corrected chi connectivity index (χ1v) is 13.2. The van der Waals surface area contributed by atoms with Crippen molar-refractivity contribution in [2.75, 3.05) is 0 Å². The molecule has 1 amide bonds. The molecule has 2 aliphatic rings. The molecule has 184 valence electrons. The standard InChI is InChI=1S/C28H31Cl2N3O2/c1-18(2)33(28(34)14-19-8-10-23(29)24(30)13-19)16-21-15-20(9-11-26(21)35-22-5-3-6-22)25-17-32-12-4-7-27(32)31-25/h8-11,13,15,17-18,22H,3-7,12,14,16H2,1-2H3. The molecule has 0 atom stereocenters. The second-order valence-corrected chi connectivity index (χ2v) is 10.7. The fraction of sp³-hybridized carbons (Fsp3) is 0.429. The molecule has 7 heteroatoms. The van der Waals surface area contributed by atoms with Crippen molar-refractivity contribution in [3.05, 3.63) is 69.6 Å². The van der Waals surface area contributed by atoms with Crippen molar-refractivity contribution >= 4 is 29.1 Å². The van der Waals surface area contributed by atoms with E-state index in [2.05, 4.69) is 29.0 Å². The summed E-state index contributed by atoms with van der Waals surface area (Å²) in [5.74, 6) is 2.05. The van der Waals surface area contributed by atoms with Gasteiger partial charge in [0.15, 0.2) is 0 Å².